The van der Waals surface area contributed by atoms with Gasteiger partial charge in [-0.15, -0.1) is 0 Å². The summed E-state index contributed by atoms with van der Waals surface area (Å²) in [7, 11) is 0. The van der Waals surface area contributed by atoms with Crippen molar-refractivity contribution in [1.29, 1.82) is 0 Å². The van der Waals surface area contributed by atoms with Gasteiger partial charge in [-0.25, -0.2) is 4.98 Å². The van der Waals surface area contributed by atoms with Crippen LogP contribution in [0, 0.1) is 5.92 Å². The van der Waals surface area contributed by atoms with E-state index < -0.39 is 0 Å². The lowest BCUT2D eigenvalue weighted by atomic mass is 9.68. The highest BCUT2D eigenvalue weighted by atomic mass is 16.2. The van der Waals surface area contributed by atoms with Gasteiger partial charge in [0.15, 0.2) is 0 Å². The van der Waals surface area contributed by atoms with Crippen LogP contribution in [0.4, 0.5) is 0 Å². The topological polar surface area (TPSA) is 46.9 Å². The first-order chi connectivity index (χ1) is 11.3. The van der Waals surface area contributed by atoms with E-state index in [1.54, 1.807) is 0 Å². The number of nitrogens with one attached hydrogen (secondary N) is 1. The second-order valence-electron chi connectivity index (χ2n) is 7.32. The van der Waals surface area contributed by atoms with E-state index in [1.807, 2.05) is 12.5 Å². The fourth-order valence-corrected chi connectivity index (χ4v) is 4.86. The quantitative estimate of drug-likeness (QED) is 0.927. The molecule has 4 heteroatoms. The second kappa shape index (κ2) is 4.70. The molecule has 5 rings (SSSR count). The third-order valence-electron chi connectivity index (χ3n) is 6.04. The van der Waals surface area contributed by atoms with E-state index in [-0.39, 0.29) is 17.4 Å². The number of fused-ring (bicyclic) bond motifs is 5. The summed E-state index contributed by atoms with van der Waals surface area (Å²) in [5.41, 5.74) is 3.91. The molecule has 0 saturated heterocycles. The van der Waals surface area contributed by atoms with Crippen LogP contribution in [-0.4, -0.2) is 21.5 Å². The Morgan fingerprint density at radius 3 is 2.83 bits per heavy atom. The molecule has 2 saturated carbocycles. The van der Waals surface area contributed by atoms with Gasteiger partial charge in [0.2, 0.25) is 5.91 Å². The maximum absolute atomic E-state index is 12.4. The molecule has 1 aliphatic heterocycles. The summed E-state index contributed by atoms with van der Waals surface area (Å²) < 4.78 is 2.32. The summed E-state index contributed by atoms with van der Waals surface area (Å²) in [5.74, 6) is 0.533. The molecule has 0 radical (unpaired) electrons. The average Bonchev–Trinajstić information content (AvgIpc) is 3.24. The predicted octanol–water partition coefficient (Wildman–Crippen LogP) is 3.08. The molecule has 1 amide bonds. The van der Waals surface area contributed by atoms with E-state index in [0.717, 1.165) is 25.7 Å². The van der Waals surface area contributed by atoms with Gasteiger partial charge in [0.25, 0.3) is 0 Å². The summed E-state index contributed by atoms with van der Waals surface area (Å²) in [6, 6.07) is 8.92. The van der Waals surface area contributed by atoms with Crippen molar-refractivity contribution in [2.24, 2.45) is 5.92 Å². The minimum atomic E-state index is 0.00997. The molecule has 1 spiro atoms. The average molecular weight is 307 g/mol. The summed E-state index contributed by atoms with van der Waals surface area (Å²) in [6.45, 7) is 0. The third kappa shape index (κ3) is 1.78. The SMILES string of the molecule is O=C(NC1CC2(C1)c1ccccc1-c1cncn12)C1CCCC1. The van der Waals surface area contributed by atoms with Crippen LogP contribution in [0.5, 0.6) is 0 Å². The number of hydrogen-bond donors (Lipinski definition) is 1. The summed E-state index contributed by atoms with van der Waals surface area (Å²) in [5, 5.41) is 3.29. The lowest BCUT2D eigenvalue weighted by Gasteiger charge is -2.47. The van der Waals surface area contributed by atoms with E-state index in [0.29, 0.717) is 6.04 Å². The molecule has 1 aromatic carbocycles. The summed E-state index contributed by atoms with van der Waals surface area (Å²) in [4.78, 5) is 16.7. The Morgan fingerprint density at radius 2 is 2.00 bits per heavy atom. The molecule has 3 aliphatic rings. The lowest BCUT2D eigenvalue weighted by molar-refractivity contribution is -0.126. The Kier molecular flexibility index (Phi) is 2.73. The van der Waals surface area contributed by atoms with Crippen LogP contribution in [0.25, 0.3) is 11.3 Å². The molecular weight excluding hydrogens is 286 g/mol. The molecule has 0 bridgehead atoms. The van der Waals surface area contributed by atoms with Crippen LogP contribution in [0.15, 0.2) is 36.8 Å². The van der Waals surface area contributed by atoms with Crippen molar-refractivity contribution in [3.05, 3.63) is 42.4 Å². The molecule has 2 fully saturated rings. The van der Waals surface area contributed by atoms with Crippen LogP contribution >= 0.6 is 0 Å². The van der Waals surface area contributed by atoms with Gasteiger partial charge in [-0.1, -0.05) is 37.1 Å². The molecule has 23 heavy (non-hydrogen) atoms. The van der Waals surface area contributed by atoms with Gasteiger partial charge in [0.05, 0.1) is 23.8 Å². The largest absolute Gasteiger partial charge is 0.353 e. The highest BCUT2D eigenvalue weighted by Crippen LogP contribution is 2.54. The van der Waals surface area contributed by atoms with Gasteiger partial charge >= 0.3 is 0 Å². The lowest BCUT2D eigenvalue weighted by Crippen LogP contribution is -2.56. The van der Waals surface area contributed by atoms with E-state index in [9.17, 15) is 4.79 Å². The number of carbonyl (C=O) groups is 1. The van der Waals surface area contributed by atoms with Gasteiger partial charge in [-0.2, -0.15) is 0 Å². The predicted molar refractivity (Wildman–Crippen MR) is 87.9 cm³/mol. The fourth-order valence-electron chi connectivity index (χ4n) is 4.86. The van der Waals surface area contributed by atoms with Crippen molar-refractivity contribution in [2.45, 2.75) is 50.1 Å². The monoisotopic (exact) mass is 307 g/mol. The van der Waals surface area contributed by atoms with Gasteiger partial charge in [0.1, 0.15) is 0 Å². The maximum atomic E-state index is 12.4. The standard InChI is InChI=1S/C19H21N3O/c23-18(13-5-1-2-6-13)21-14-9-19(10-14)16-8-4-3-7-15(16)17-11-20-12-22(17)19/h3-4,7-8,11-14H,1-2,5-6,9-10H2,(H,21,23). The zero-order chi connectivity index (χ0) is 15.4. The highest BCUT2D eigenvalue weighted by Gasteiger charge is 2.52. The number of amides is 1. The molecule has 118 valence electrons. The van der Waals surface area contributed by atoms with Crippen molar-refractivity contribution < 1.29 is 4.79 Å². The van der Waals surface area contributed by atoms with Gasteiger partial charge < -0.3 is 9.88 Å². The van der Waals surface area contributed by atoms with Gasteiger partial charge in [0, 0.05) is 17.5 Å². The summed E-state index contributed by atoms with van der Waals surface area (Å²) in [6.07, 6.45) is 10.4. The molecule has 0 atom stereocenters. The number of imidazole rings is 1. The van der Waals surface area contributed by atoms with Crippen LogP contribution in [0.1, 0.15) is 44.1 Å². The van der Waals surface area contributed by atoms with Crippen molar-refractivity contribution in [3.63, 3.8) is 0 Å². The van der Waals surface area contributed by atoms with E-state index in [4.69, 9.17) is 0 Å². The summed E-state index contributed by atoms with van der Waals surface area (Å²) >= 11 is 0. The van der Waals surface area contributed by atoms with Gasteiger partial charge in [-0.3, -0.25) is 4.79 Å². The van der Waals surface area contributed by atoms with Crippen molar-refractivity contribution >= 4 is 5.91 Å². The zero-order valence-electron chi connectivity index (χ0n) is 13.2. The Labute approximate surface area is 135 Å². The van der Waals surface area contributed by atoms with Crippen LogP contribution in [0.3, 0.4) is 0 Å². The normalized spacial score (nSPS) is 28.4. The molecule has 1 N–H and O–H groups in total. The Hall–Kier alpha value is -2.10. The van der Waals surface area contributed by atoms with Crippen LogP contribution in [0.2, 0.25) is 0 Å². The minimum absolute atomic E-state index is 0.00997. The molecule has 1 aromatic heterocycles. The first-order valence-corrected chi connectivity index (χ1v) is 8.71. The smallest absolute Gasteiger partial charge is 0.223 e. The second-order valence-corrected chi connectivity index (χ2v) is 7.32. The Bertz CT molecular complexity index is 766. The number of benzene rings is 1. The number of hydrogen-bond acceptors (Lipinski definition) is 2. The molecule has 4 nitrogen and oxygen atoms in total. The molecular formula is C19H21N3O. The Balaban J connectivity index is 1.38. The third-order valence-corrected chi connectivity index (χ3v) is 6.04. The number of aromatic nitrogens is 2. The molecule has 2 heterocycles. The van der Waals surface area contributed by atoms with Crippen molar-refractivity contribution in [1.82, 2.24) is 14.9 Å². The van der Waals surface area contributed by atoms with Crippen molar-refractivity contribution in [3.8, 4) is 11.3 Å². The number of nitrogens with zero attached hydrogens (tertiary/aromatic N) is 2. The Morgan fingerprint density at radius 1 is 1.22 bits per heavy atom. The minimum Gasteiger partial charge on any atom is -0.353 e. The molecule has 0 unspecified atom stereocenters. The van der Waals surface area contributed by atoms with Gasteiger partial charge in [-0.05, 0) is 31.2 Å². The number of rotatable bonds is 2. The highest BCUT2D eigenvalue weighted by molar-refractivity contribution is 5.79. The van der Waals surface area contributed by atoms with Crippen LogP contribution in [-0.2, 0) is 10.3 Å². The van der Waals surface area contributed by atoms with Crippen LogP contribution < -0.4 is 5.32 Å². The molecule has 2 aliphatic carbocycles. The first-order valence-electron chi connectivity index (χ1n) is 8.71. The van der Waals surface area contributed by atoms with E-state index in [1.165, 1.54) is 29.7 Å². The fraction of sp³-hybridized carbons (Fsp3) is 0.474. The van der Waals surface area contributed by atoms with Crippen molar-refractivity contribution in [2.75, 3.05) is 0 Å². The van der Waals surface area contributed by atoms with E-state index >= 15 is 0 Å². The number of carbonyl (C=O) groups excluding carboxylic acids is 1. The van der Waals surface area contributed by atoms with E-state index in [2.05, 4.69) is 39.1 Å². The molecule has 2 aromatic rings. The first kappa shape index (κ1) is 13.3. The zero-order valence-corrected chi connectivity index (χ0v) is 13.2. The maximum Gasteiger partial charge on any atom is 0.223 e.